The van der Waals surface area contributed by atoms with Gasteiger partial charge in [-0.05, 0) is 39.2 Å². The number of rotatable bonds is 5. The average Bonchev–Trinajstić information content (AvgIpc) is 2.66. The summed E-state index contributed by atoms with van der Waals surface area (Å²) in [6, 6.07) is 1.46. The van der Waals surface area contributed by atoms with Crippen molar-refractivity contribution < 1.29 is 0 Å². The highest BCUT2D eigenvalue weighted by Gasteiger charge is 2.17. The van der Waals surface area contributed by atoms with Crippen LogP contribution in [-0.2, 0) is 0 Å². The van der Waals surface area contributed by atoms with Gasteiger partial charge in [-0.2, -0.15) is 0 Å². The lowest BCUT2D eigenvalue weighted by Crippen LogP contribution is -2.39. The zero-order chi connectivity index (χ0) is 10.4. The molecule has 1 saturated heterocycles. The van der Waals surface area contributed by atoms with Crippen LogP contribution < -0.4 is 10.6 Å². The van der Waals surface area contributed by atoms with Crippen molar-refractivity contribution >= 4 is 0 Å². The number of nitrogens with one attached hydrogen (secondary N) is 2. The van der Waals surface area contributed by atoms with Crippen molar-refractivity contribution in [2.45, 2.75) is 57.7 Å². The Balaban J connectivity index is 2.20. The van der Waals surface area contributed by atoms with E-state index in [1.807, 2.05) is 0 Å². The molecular formula is C12H22N2. The summed E-state index contributed by atoms with van der Waals surface area (Å²) in [4.78, 5) is 0. The Morgan fingerprint density at radius 2 is 2.43 bits per heavy atom. The first kappa shape index (κ1) is 11.6. The van der Waals surface area contributed by atoms with E-state index in [9.17, 15) is 0 Å². The molecule has 80 valence electrons. The number of hydrogen-bond donors (Lipinski definition) is 2. The van der Waals surface area contributed by atoms with E-state index >= 15 is 0 Å². The molecular weight excluding hydrogens is 172 g/mol. The van der Waals surface area contributed by atoms with Gasteiger partial charge in [-0.1, -0.05) is 12.8 Å². The van der Waals surface area contributed by atoms with Crippen LogP contribution in [0, 0.1) is 12.3 Å². The van der Waals surface area contributed by atoms with E-state index in [4.69, 9.17) is 6.42 Å². The van der Waals surface area contributed by atoms with Gasteiger partial charge in [-0.25, -0.2) is 0 Å². The van der Waals surface area contributed by atoms with Crippen LogP contribution >= 0.6 is 0 Å². The lowest BCUT2D eigenvalue weighted by molar-refractivity contribution is 0.417. The van der Waals surface area contributed by atoms with Gasteiger partial charge in [0.25, 0.3) is 0 Å². The van der Waals surface area contributed by atoms with Crippen LogP contribution in [0.5, 0.6) is 0 Å². The summed E-state index contributed by atoms with van der Waals surface area (Å²) in [6.45, 7) is 5.53. The van der Waals surface area contributed by atoms with E-state index in [0.717, 1.165) is 6.42 Å². The van der Waals surface area contributed by atoms with Gasteiger partial charge in [0.15, 0.2) is 0 Å². The Morgan fingerprint density at radius 3 is 2.93 bits per heavy atom. The standard InChI is InChI=1S/C12H22N2/c1-4-11(5-2)14-10(3)9-12-7-6-8-13-12/h1,10-14H,5-9H2,2-3H3. The molecule has 1 fully saturated rings. The van der Waals surface area contributed by atoms with Gasteiger partial charge in [0.1, 0.15) is 0 Å². The van der Waals surface area contributed by atoms with E-state index in [2.05, 4.69) is 30.4 Å². The minimum Gasteiger partial charge on any atom is -0.314 e. The van der Waals surface area contributed by atoms with Crippen molar-refractivity contribution in [3.8, 4) is 12.3 Å². The zero-order valence-corrected chi connectivity index (χ0v) is 9.34. The first-order valence-corrected chi connectivity index (χ1v) is 5.71. The molecule has 0 spiro atoms. The van der Waals surface area contributed by atoms with E-state index in [1.165, 1.54) is 25.8 Å². The molecule has 2 heteroatoms. The molecule has 0 saturated carbocycles. The molecule has 3 unspecified atom stereocenters. The van der Waals surface area contributed by atoms with E-state index in [0.29, 0.717) is 12.1 Å². The van der Waals surface area contributed by atoms with E-state index in [-0.39, 0.29) is 6.04 Å². The lowest BCUT2D eigenvalue weighted by Gasteiger charge is -2.21. The summed E-state index contributed by atoms with van der Waals surface area (Å²) in [5.74, 6) is 2.78. The molecule has 1 rings (SSSR count). The van der Waals surface area contributed by atoms with Crippen LogP contribution in [0.4, 0.5) is 0 Å². The predicted octanol–water partition coefficient (Wildman–Crippen LogP) is 1.52. The van der Waals surface area contributed by atoms with Crippen LogP contribution in [0.15, 0.2) is 0 Å². The lowest BCUT2D eigenvalue weighted by atomic mass is 10.1. The van der Waals surface area contributed by atoms with Gasteiger partial charge in [-0.15, -0.1) is 6.42 Å². The van der Waals surface area contributed by atoms with Crippen LogP contribution in [0.3, 0.4) is 0 Å². The Kier molecular flexibility index (Phi) is 5.00. The molecule has 0 amide bonds. The molecule has 1 aliphatic heterocycles. The second-order valence-corrected chi connectivity index (χ2v) is 4.22. The van der Waals surface area contributed by atoms with Crippen molar-refractivity contribution in [3.63, 3.8) is 0 Å². The van der Waals surface area contributed by atoms with Crippen molar-refractivity contribution in [1.82, 2.24) is 10.6 Å². The molecule has 1 heterocycles. The smallest absolute Gasteiger partial charge is 0.0686 e. The highest BCUT2D eigenvalue weighted by atomic mass is 15.0. The summed E-state index contributed by atoms with van der Waals surface area (Å²) in [5.41, 5.74) is 0. The molecule has 0 bridgehead atoms. The van der Waals surface area contributed by atoms with Gasteiger partial charge in [-0.3, -0.25) is 0 Å². The minimum absolute atomic E-state index is 0.242. The molecule has 0 aromatic heterocycles. The Morgan fingerprint density at radius 1 is 1.64 bits per heavy atom. The highest BCUT2D eigenvalue weighted by Crippen LogP contribution is 2.11. The molecule has 0 aliphatic carbocycles. The molecule has 2 N–H and O–H groups in total. The Labute approximate surface area is 87.8 Å². The third-order valence-corrected chi connectivity index (χ3v) is 2.90. The average molecular weight is 194 g/mol. The first-order chi connectivity index (χ1) is 6.76. The first-order valence-electron chi connectivity index (χ1n) is 5.71. The molecule has 1 aliphatic rings. The second-order valence-electron chi connectivity index (χ2n) is 4.22. The van der Waals surface area contributed by atoms with Gasteiger partial charge < -0.3 is 10.6 Å². The van der Waals surface area contributed by atoms with Crippen LogP contribution in [0.2, 0.25) is 0 Å². The van der Waals surface area contributed by atoms with Crippen LogP contribution in [0.1, 0.15) is 39.5 Å². The quantitative estimate of drug-likeness (QED) is 0.648. The summed E-state index contributed by atoms with van der Waals surface area (Å²) in [7, 11) is 0. The second kappa shape index (κ2) is 6.06. The van der Waals surface area contributed by atoms with E-state index < -0.39 is 0 Å². The molecule has 2 nitrogen and oxygen atoms in total. The number of hydrogen-bond acceptors (Lipinski definition) is 2. The fourth-order valence-corrected chi connectivity index (χ4v) is 2.08. The fraction of sp³-hybridized carbons (Fsp3) is 0.833. The number of terminal acetylenes is 1. The third kappa shape index (κ3) is 3.69. The Bertz CT molecular complexity index is 189. The van der Waals surface area contributed by atoms with Gasteiger partial charge in [0.05, 0.1) is 6.04 Å². The molecule has 0 radical (unpaired) electrons. The van der Waals surface area contributed by atoms with Crippen LogP contribution in [-0.4, -0.2) is 24.7 Å². The van der Waals surface area contributed by atoms with Crippen LogP contribution in [0.25, 0.3) is 0 Å². The third-order valence-electron chi connectivity index (χ3n) is 2.90. The molecule has 0 aromatic rings. The minimum atomic E-state index is 0.242. The monoisotopic (exact) mass is 194 g/mol. The predicted molar refractivity (Wildman–Crippen MR) is 61.2 cm³/mol. The molecule has 0 aromatic carbocycles. The summed E-state index contributed by atoms with van der Waals surface area (Å²) < 4.78 is 0. The fourth-order valence-electron chi connectivity index (χ4n) is 2.08. The van der Waals surface area contributed by atoms with Gasteiger partial charge in [0, 0.05) is 12.1 Å². The summed E-state index contributed by atoms with van der Waals surface area (Å²) in [5, 5.41) is 6.97. The van der Waals surface area contributed by atoms with Crippen molar-refractivity contribution in [2.24, 2.45) is 0 Å². The van der Waals surface area contributed by atoms with Gasteiger partial charge in [0.2, 0.25) is 0 Å². The van der Waals surface area contributed by atoms with Crippen molar-refractivity contribution in [3.05, 3.63) is 0 Å². The molecule has 14 heavy (non-hydrogen) atoms. The van der Waals surface area contributed by atoms with E-state index in [1.54, 1.807) is 0 Å². The SMILES string of the molecule is C#CC(CC)NC(C)CC1CCCN1. The summed E-state index contributed by atoms with van der Waals surface area (Å²) >= 11 is 0. The maximum atomic E-state index is 5.41. The highest BCUT2D eigenvalue weighted by molar-refractivity contribution is 4.99. The topological polar surface area (TPSA) is 24.1 Å². The normalized spacial score (nSPS) is 25.6. The summed E-state index contributed by atoms with van der Waals surface area (Å²) in [6.07, 6.45) is 10.3. The largest absolute Gasteiger partial charge is 0.314 e. The van der Waals surface area contributed by atoms with Crippen molar-refractivity contribution in [1.29, 1.82) is 0 Å². The van der Waals surface area contributed by atoms with Crippen molar-refractivity contribution in [2.75, 3.05) is 6.54 Å². The maximum Gasteiger partial charge on any atom is 0.0686 e. The zero-order valence-electron chi connectivity index (χ0n) is 9.34. The molecule has 3 atom stereocenters. The van der Waals surface area contributed by atoms with Gasteiger partial charge >= 0.3 is 0 Å². The Hall–Kier alpha value is -0.520. The maximum absolute atomic E-state index is 5.41.